The molecule has 8 nitrogen and oxygen atoms in total. The Morgan fingerprint density at radius 3 is 2.88 bits per heavy atom. The van der Waals surface area contributed by atoms with Crippen LogP contribution in [0.3, 0.4) is 0 Å². The number of ether oxygens (including phenoxy) is 1. The molecule has 0 radical (unpaired) electrons. The largest absolute Gasteiger partial charge is 0.497 e. The third-order valence-corrected chi connectivity index (χ3v) is 5.17. The Morgan fingerprint density at radius 1 is 1.23 bits per heavy atom. The molecule has 3 heterocycles. The summed E-state index contributed by atoms with van der Waals surface area (Å²) < 4.78 is 8.94. The summed E-state index contributed by atoms with van der Waals surface area (Å²) in [6.07, 6.45) is 5.40. The number of methoxy groups -OCH3 is 1. The zero-order valence-corrected chi connectivity index (χ0v) is 15.4. The third-order valence-electron chi connectivity index (χ3n) is 4.10. The minimum absolute atomic E-state index is 0.0606. The van der Waals surface area contributed by atoms with Crippen molar-refractivity contribution in [2.75, 3.05) is 7.11 Å². The molecule has 26 heavy (non-hydrogen) atoms. The van der Waals surface area contributed by atoms with Gasteiger partial charge in [-0.3, -0.25) is 0 Å². The maximum absolute atomic E-state index is 5.28. The van der Waals surface area contributed by atoms with E-state index in [4.69, 9.17) is 4.74 Å². The topological polar surface area (TPSA) is 83.5 Å². The van der Waals surface area contributed by atoms with E-state index in [2.05, 4.69) is 25.5 Å². The summed E-state index contributed by atoms with van der Waals surface area (Å²) in [5.41, 5.74) is 1.80. The van der Waals surface area contributed by atoms with Crippen LogP contribution in [0.4, 0.5) is 0 Å². The zero-order valence-electron chi connectivity index (χ0n) is 14.6. The Morgan fingerprint density at radius 2 is 2.12 bits per heavy atom. The molecule has 0 aliphatic carbocycles. The normalized spacial score (nSPS) is 12.3. The van der Waals surface area contributed by atoms with Crippen molar-refractivity contribution in [1.82, 2.24) is 34.7 Å². The van der Waals surface area contributed by atoms with Gasteiger partial charge in [-0.1, -0.05) is 17.3 Å². The Hall–Kier alpha value is -3.07. The summed E-state index contributed by atoms with van der Waals surface area (Å²) in [4.78, 5) is 5.47. The van der Waals surface area contributed by atoms with Crippen LogP contribution in [0.25, 0.3) is 21.1 Å². The van der Waals surface area contributed by atoms with Gasteiger partial charge in [-0.15, -0.1) is 26.6 Å². The van der Waals surface area contributed by atoms with Crippen LogP contribution in [0, 0.1) is 0 Å². The van der Waals surface area contributed by atoms with Gasteiger partial charge in [-0.25, -0.2) is 9.67 Å². The van der Waals surface area contributed by atoms with Crippen LogP contribution in [0.1, 0.15) is 18.8 Å². The smallest absolute Gasteiger partial charge is 0.157 e. The molecule has 0 spiro atoms. The summed E-state index contributed by atoms with van der Waals surface area (Å²) in [5.74, 6) is 1.63. The van der Waals surface area contributed by atoms with E-state index in [-0.39, 0.29) is 6.04 Å². The third kappa shape index (κ3) is 2.97. The molecule has 3 aromatic heterocycles. The second-order valence-electron chi connectivity index (χ2n) is 5.82. The molecule has 0 N–H and O–H groups in total. The molecule has 1 atom stereocenters. The molecule has 0 bridgehead atoms. The number of aryl methyl sites for hydroxylation is 1. The SMILES string of the molecule is COc1cccc(-c2ncc(-c3cn([C@@H](C)c4nncn4C)nn3)s2)c1. The summed E-state index contributed by atoms with van der Waals surface area (Å²) in [7, 11) is 3.57. The molecular formula is C17H17N7OS. The molecule has 0 saturated carbocycles. The average molecular weight is 367 g/mol. The highest BCUT2D eigenvalue weighted by Crippen LogP contribution is 2.32. The van der Waals surface area contributed by atoms with Crippen molar-refractivity contribution in [2.24, 2.45) is 7.05 Å². The van der Waals surface area contributed by atoms with Crippen LogP contribution in [-0.4, -0.2) is 41.9 Å². The number of benzene rings is 1. The van der Waals surface area contributed by atoms with Crippen molar-refractivity contribution in [1.29, 1.82) is 0 Å². The minimum Gasteiger partial charge on any atom is -0.497 e. The number of aromatic nitrogens is 7. The molecule has 0 aliphatic heterocycles. The van der Waals surface area contributed by atoms with Crippen LogP contribution in [0.2, 0.25) is 0 Å². The summed E-state index contributed by atoms with van der Waals surface area (Å²) in [5, 5.41) is 17.5. The Kier molecular flexibility index (Phi) is 4.21. The molecule has 0 unspecified atom stereocenters. The lowest BCUT2D eigenvalue weighted by Gasteiger charge is -2.09. The van der Waals surface area contributed by atoms with E-state index in [1.165, 1.54) is 0 Å². The monoisotopic (exact) mass is 367 g/mol. The van der Waals surface area contributed by atoms with E-state index in [0.29, 0.717) is 0 Å². The molecule has 0 amide bonds. The van der Waals surface area contributed by atoms with Gasteiger partial charge in [0.05, 0.1) is 18.2 Å². The predicted octanol–water partition coefficient (Wildman–Crippen LogP) is 2.82. The minimum atomic E-state index is -0.0606. The molecule has 4 aromatic rings. The number of rotatable bonds is 5. The van der Waals surface area contributed by atoms with Crippen molar-refractivity contribution in [3.63, 3.8) is 0 Å². The van der Waals surface area contributed by atoms with E-state index >= 15 is 0 Å². The molecule has 4 rings (SSSR count). The van der Waals surface area contributed by atoms with Crippen LogP contribution in [0.5, 0.6) is 5.75 Å². The molecule has 0 fully saturated rings. The Labute approximate surface area is 154 Å². The summed E-state index contributed by atoms with van der Waals surface area (Å²) in [6, 6.07) is 7.79. The number of thiazole rings is 1. The fourth-order valence-electron chi connectivity index (χ4n) is 2.65. The Bertz CT molecular complexity index is 1040. The van der Waals surface area contributed by atoms with Gasteiger partial charge in [-0.05, 0) is 19.1 Å². The first kappa shape index (κ1) is 16.4. The molecule has 1 aromatic carbocycles. The molecule has 0 saturated heterocycles. The molecule has 0 aliphatic rings. The van der Waals surface area contributed by atoms with Crippen LogP contribution in [0.15, 0.2) is 43.0 Å². The maximum Gasteiger partial charge on any atom is 0.157 e. The van der Waals surface area contributed by atoms with Gasteiger partial charge in [0.2, 0.25) is 0 Å². The molecule has 9 heteroatoms. The van der Waals surface area contributed by atoms with E-state index in [1.54, 1.807) is 29.5 Å². The first-order valence-corrected chi connectivity index (χ1v) is 8.83. The average Bonchev–Trinajstić information content (AvgIpc) is 3.41. The van der Waals surface area contributed by atoms with Crippen molar-refractivity contribution in [3.8, 4) is 26.9 Å². The van der Waals surface area contributed by atoms with Crippen LogP contribution < -0.4 is 4.74 Å². The van der Waals surface area contributed by atoms with E-state index in [0.717, 1.165) is 32.7 Å². The standard InChI is InChI=1S/C17H17N7OS/c1-11(16-21-19-10-23(16)2)24-9-14(20-22-24)15-8-18-17(26-15)12-5-4-6-13(7-12)25-3/h4-11H,1-3H3/t11-/m0/s1. The lowest BCUT2D eigenvalue weighted by Crippen LogP contribution is -2.12. The Balaban J connectivity index is 1.60. The number of hydrogen-bond acceptors (Lipinski definition) is 7. The van der Waals surface area contributed by atoms with Crippen LogP contribution >= 0.6 is 11.3 Å². The van der Waals surface area contributed by atoms with Gasteiger partial charge >= 0.3 is 0 Å². The maximum atomic E-state index is 5.28. The van der Waals surface area contributed by atoms with E-state index in [1.807, 2.05) is 55.2 Å². The van der Waals surface area contributed by atoms with Gasteiger partial charge < -0.3 is 9.30 Å². The summed E-state index contributed by atoms with van der Waals surface area (Å²) in [6.45, 7) is 2.01. The number of nitrogens with zero attached hydrogens (tertiary/aromatic N) is 7. The van der Waals surface area contributed by atoms with Crippen molar-refractivity contribution in [3.05, 3.63) is 48.8 Å². The van der Waals surface area contributed by atoms with Crippen molar-refractivity contribution < 1.29 is 4.74 Å². The first-order valence-electron chi connectivity index (χ1n) is 8.02. The van der Waals surface area contributed by atoms with Crippen molar-refractivity contribution >= 4 is 11.3 Å². The van der Waals surface area contributed by atoms with Gasteiger partial charge in [0.15, 0.2) is 5.82 Å². The van der Waals surface area contributed by atoms with Gasteiger partial charge in [0, 0.05) is 18.8 Å². The highest BCUT2D eigenvalue weighted by molar-refractivity contribution is 7.18. The predicted molar refractivity (Wildman–Crippen MR) is 97.9 cm³/mol. The van der Waals surface area contributed by atoms with E-state index in [9.17, 15) is 0 Å². The molecule has 132 valence electrons. The highest BCUT2D eigenvalue weighted by atomic mass is 32.1. The van der Waals surface area contributed by atoms with Crippen LogP contribution in [-0.2, 0) is 7.05 Å². The second kappa shape index (κ2) is 6.68. The van der Waals surface area contributed by atoms with Gasteiger partial charge in [0.1, 0.15) is 28.8 Å². The second-order valence-corrected chi connectivity index (χ2v) is 6.85. The lowest BCUT2D eigenvalue weighted by molar-refractivity contribution is 0.415. The molecular weight excluding hydrogens is 350 g/mol. The highest BCUT2D eigenvalue weighted by Gasteiger charge is 2.17. The number of hydrogen-bond donors (Lipinski definition) is 0. The zero-order chi connectivity index (χ0) is 18.1. The van der Waals surface area contributed by atoms with E-state index < -0.39 is 0 Å². The van der Waals surface area contributed by atoms with Gasteiger partial charge in [-0.2, -0.15) is 0 Å². The van der Waals surface area contributed by atoms with Gasteiger partial charge in [0.25, 0.3) is 0 Å². The fraction of sp³-hybridized carbons (Fsp3) is 0.235. The first-order chi connectivity index (χ1) is 12.7. The lowest BCUT2D eigenvalue weighted by atomic mass is 10.2. The summed E-state index contributed by atoms with van der Waals surface area (Å²) >= 11 is 1.57. The quantitative estimate of drug-likeness (QED) is 0.539. The fourth-order valence-corrected chi connectivity index (χ4v) is 3.51. The van der Waals surface area contributed by atoms with Crippen molar-refractivity contribution in [2.45, 2.75) is 13.0 Å².